The highest BCUT2D eigenvalue weighted by Crippen LogP contribution is 2.12. The Hall–Kier alpha value is -1.10. The van der Waals surface area contributed by atoms with Crippen LogP contribution in [-0.4, -0.2) is 49.2 Å². The minimum atomic E-state index is -0.443. The number of nitrogens with zero attached hydrogens (tertiary/aromatic N) is 1. The number of carbonyl (C=O) groups is 2. The molecule has 0 aliphatic carbocycles. The fourth-order valence-electron chi connectivity index (χ4n) is 1.77. The summed E-state index contributed by atoms with van der Waals surface area (Å²) in [6, 6.07) is -0.443. The molecule has 0 N–H and O–H groups in total. The molecule has 5 nitrogen and oxygen atoms in total. The van der Waals surface area contributed by atoms with Gasteiger partial charge < -0.3 is 14.4 Å². The van der Waals surface area contributed by atoms with Crippen LogP contribution in [0, 0.1) is 0 Å². The van der Waals surface area contributed by atoms with Crippen molar-refractivity contribution >= 4 is 11.9 Å². The van der Waals surface area contributed by atoms with Crippen molar-refractivity contribution in [3.63, 3.8) is 0 Å². The van der Waals surface area contributed by atoms with Crippen LogP contribution in [-0.2, 0) is 19.1 Å². The number of carbonyl (C=O) groups excluding carboxylic acids is 2. The SMILES string of the molecule is CCCC(C(=O)OCC)N1CCOCC1=O. The van der Waals surface area contributed by atoms with Gasteiger partial charge in [0.1, 0.15) is 12.6 Å². The Balaban J connectivity index is 2.66. The van der Waals surface area contributed by atoms with Crippen molar-refractivity contribution in [2.75, 3.05) is 26.4 Å². The monoisotopic (exact) mass is 229 g/mol. The standard InChI is InChI=1S/C11H19NO4/c1-3-5-9(11(14)16-4-2)12-6-7-15-8-10(12)13/h9H,3-8H2,1-2H3. The molecule has 0 aromatic carbocycles. The first kappa shape index (κ1) is 13.0. The maximum atomic E-state index is 11.7. The van der Waals surface area contributed by atoms with Gasteiger partial charge >= 0.3 is 5.97 Å². The Morgan fingerprint density at radius 3 is 2.88 bits per heavy atom. The Bertz CT molecular complexity index is 254. The molecule has 1 saturated heterocycles. The zero-order valence-corrected chi connectivity index (χ0v) is 9.90. The molecule has 0 saturated carbocycles. The minimum Gasteiger partial charge on any atom is -0.464 e. The van der Waals surface area contributed by atoms with Gasteiger partial charge in [-0.15, -0.1) is 0 Å². The highest BCUT2D eigenvalue weighted by atomic mass is 16.5. The normalized spacial score (nSPS) is 18.4. The zero-order valence-electron chi connectivity index (χ0n) is 9.90. The first-order valence-electron chi connectivity index (χ1n) is 5.74. The molecule has 0 aromatic heterocycles. The molecular formula is C11H19NO4. The molecule has 0 radical (unpaired) electrons. The summed E-state index contributed by atoms with van der Waals surface area (Å²) in [6.45, 7) is 5.13. The van der Waals surface area contributed by atoms with Gasteiger partial charge in [0.05, 0.1) is 13.2 Å². The largest absolute Gasteiger partial charge is 0.464 e. The van der Waals surface area contributed by atoms with Crippen LogP contribution in [0.2, 0.25) is 0 Å². The van der Waals surface area contributed by atoms with Crippen LogP contribution in [0.3, 0.4) is 0 Å². The average Bonchev–Trinajstić information content (AvgIpc) is 2.27. The van der Waals surface area contributed by atoms with Crippen LogP contribution >= 0.6 is 0 Å². The van der Waals surface area contributed by atoms with E-state index in [-0.39, 0.29) is 18.5 Å². The van der Waals surface area contributed by atoms with E-state index >= 15 is 0 Å². The highest BCUT2D eigenvalue weighted by Gasteiger charge is 2.31. The lowest BCUT2D eigenvalue weighted by atomic mass is 10.1. The van der Waals surface area contributed by atoms with Gasteiger partial charge in [-0.2, -0.15) is 0 Å². The van der Waals surface area contributed by atoms with E-state index < -0.39 is 6.04 Å². The lowest BCUT2D eigenvalue weighted by Crippen LogP contribution is -2.51. The number of ether oxygens (including phenoxy) is 2. The van der Waals surface area contributed by atoms with Gasteiger partial charge in [0, 0.05) is 6.54 Å². The van der Waals surface area contributed by atoms with E-state index in [4.69, 9.17) is 9.47 Å². The molecule has 1 heterocycles. The van der Waals surface area contributed by atoms with Gasteiger partial charge in [-0.05, 0) is 13.3 Å². The number of hydrogen-bond donors (Lipinski definition) is 0. The lowest BCUT2D eigenvalue weighted by Gasteiger charge is -2.32. The molecule has 16 heavy (non-hydrogen) atoms. The zero-order chi connectivity index (χ0) is 12.0. The van der Waals surface area contributed by atoms with Crippen molar-refractivity contribution in [2.45, 2.75) is 32.7 Å². The van der Waals surface area contributed by atoms with Crippen molar-refractivity contribution in [3.05, 3.63) is 0 Å². The third-order valence-corrected chi connectivity index (χ3v) is 2.52. The molecule has 92 valence electrons. The number of rotatable bonds is 5. The number of morpholine rings is 1. The average molecular weight is 229 g/mol. The van der Waals surface area contributed by atoms with Crippen LogP contribution in [0.1, 0.15) is 26.7 Å². The van der Waals surface area contributed by atoms with Crippen molar-refractivity contribution in [3.8, 4) is 0 Å². The van der Waals surface area contributed by atoms with E-state index in [1.165, 1.54) is 0 Å². The molecule has 1 rings (SSSR count). The topological polar surface area (TPSA) is 55.8 Å². The van der Waals surface area contributed by atoms with E-state index in [1.807, 2.05) is 6.92 Å². The smallest absolute Gasteiger partial charge is 0.328 e. The fraction of sp³-hybridized carbons (Fsp3) is 0.818. The van der Waals surface area contributed by atoms with Crippen LogP contribution in [0.5, 0.6) is 0 Å². The van der Waals surface area contributed by atoms with E-state index in [1.54, 1.807) is 11.8 Å². The van der Waals surface area contributed by atoms with Gasteiger partial charge in [-0.3, -0.25) is 4.79 Å². The van der Waals surface area contributed by atoms with Crippen molar-refractivity contribution in [2.24, 2.45) is 0 Å². The van der Waals surface area contributed by atoms with Gasteiger partial charge in [0.15, 0.2) is 0 Å². The molecule has 1 amide bonds. The first-order chi connectivity index (χ1) is 7.70. The van der Waals surface area contributed by atoms with Crippen molar-refractivity contribution in [1.29, 1.82) is 0 Å². The Labute approximate surface area is 95.7 Å². The molecule has 0 aromatic rings. The van der Waals surface area contributed by atoms with Crippen LogP contribution in [0.25, 0.3) is 0 Å². The molecule has 1 aliphatic rings. The summed E-state index contributed by atoms with van der Waals surface area (Å²) < 4.78 is 10.0. The van der Waals surface area contributed by atoms with Gasteiger partial charge in [-0.1, -0.05) is 13.3 Å². The van der Waals surface area contributed by atoms with E-state index in [0.29, 0.717) is 26.2 Å². The summed E-state index contributed by atoms with van der Waals surface area (Å²) in [5.74, 6) is -0.433. The second-order valence-corrected chi connectivity index (χ2v) is 3.70. The Kier molecular flexibility index (Phi) is 5.25. The fourth-order valence-corrected chi connectivity index (χ4v) is 1.77. The summed E-state index contributed by atoms with van der Waals surface area (Å²) in [4.78, 5) is 24.9. The summed E-state index contributed by atoms with van der Waals surface area (Å²) in [5.41, 5.74) is 0. The summed E-state index contributed by atoms with van der Waals surface area (Å²) in [7, 11) is 0. The predicted octanol–water partition coefficient (Wildman–Crippen LogP) is 0.577. The third kappa shape index (κ3) is 3.20. The quantitative estimate of drug-likeness (QED) is 0.647. The summed E-state index contributed by atoms with van der Waals surface area (Å²) in [6.07, 6.45) is 1.48. The first-order valence-corrected chi connectivity index (χ1v) is 5.74. The molecule has 5 heteroatoms. The third-order valence-electron chi connectivity index (χ3n) is 2.52. The molecule has 0 bridgehead atoms. The minimum absolute atomic E-state index is 0.0691. The van der Waals surface area contributed by atoms with Crippen LogP contribution in [0.4, 0.5) is 0 Å². The summed E-state index contributed by atoms with van der Waals surface area (Å²) in [5, 5.41) is 0. The molecule has 1 fully saturated rings. The Morgan fingerprint density at radius 2 is 2.31 bits per heavy atom. The maximum Gasteiger partial charge on any atom is 0.328 e. The number of amides is 1. The number of hydrogen-bond acceptors (Lipinski definition) is 4. The molecule has 1 aliphatic heterocycles. The van der Waals surface area contributed by atoms with Gasteiger partial charge in [-0.25, -0.2) is 4.79 Å². The summed E-state index contributed by atoms with van der Waals surface area (Å²) >= 11 is 0. The van der Waals surface area contributed by atoms with Crippen molar-refractivity contribution < 1.29 is 19.1 Å². The molecular weight excluding hydrogens is 210 g/mol. The van der Waals surface area contributed by atoms with Crippen molar-refractivity contribution in [1.82, 2.24) is 4.90 Å². The maximum absolute atomic E-state index is 11.7. The predicted molar refractivity (Wildman–Crippen MR) is 57.9 cm³/mol. The lowest BCUT2D eigenvalue weighted by molar-refractivity contribution is -0.161. The molecule has 1 atom stereocenters. The van der Waals surface area contributed by atoms with E-state index in [2.05, 4.69) is 0 Å². The molecule has 0 spiro atoms. The number of esters is 1. The Morgan fingerprint density at radius 1 is 1.56 bits per heavy atom. The van der Waals surface area contributed by atoms with Gasteiger partial charge in [0.25, 0.3) is 0 Å². The van der Waals surface area contributed by atoms with Gasteiger partial charge in [0.2, 0.25) is 5.91 Å². The second-order valence-electron chi connectivity index (χ2n) is 3.70. The van der Waals surface area contributed by atoms with E-state index in [0.717, 1.165) is 6.42 Å². The highest BCUT2D eigenvalue weighted by molar-refractivity contribution is 5.85. The van der Waals surface area contributed by atoms with Crippen LogP contribution < -0.4 is 0 Å². The second kappa shape index (κ2) is 6.48. The van der Waals surface area contributed by atoms with Crippen LogP contribution in [0.15, 0.2) is 0 Å². The van der Waals surface area contributed by atoms with E-state index in [9.17, 15) is 9.59 Å². The molecule has 1 unspecified atom stereocenters.